The maximum absolute atomic E-state index is 13.2. The first kappa shape index (κ1) is 18.4. The van der Waals surface area contributed by atoms with E-state index in [9.17, 15) is 4.79 Å². The number of benzene rings is 2. The van der Waals surface area contributed by atoms with E-state index >= 15 is 0 Å². The number of anilines is 1. The second-order valence-corrected chi connectivity index (χ2v) is 9.87. The highest BCUT2D eigenvalue weighted by Crippen LogP contribution is 2.63. The molecule has 5 atom stereocenters. The molecule has 0 aromatic heterocycles. The molecule has 1 N–H and O–H groups in total. The zero-order valence-corrected chi connectivity index (χ0v) is 17.8. The Bertz CT molecular complexity index is 950. The van der Waals surface area contributed by atoms with Crippen LogP contribution in [0, 0.1) is 17.8 Å². The van der Waals surface area contributed by atoms with Crippen LogP contribution in [-0.2, 0) is 0 Å². The minimum absolute atomic E-state index is 0.204. The number of fused-ring (bicyclic) bond motifs is 7. The highest BCUT2D eigenvalue weighted by atomic mass is 16.2. The molecule has 6 rings (SSSR count). The molecule has 0 unspecified atom stereocenters. The number of hydrogen-bond donors (Lipinski definition) is 1. The summed E-state index contributed by atoms with van der Waals surface area (Å²) in [5.41, 5.74) is 4.93. The number of carbonyl (C=O) groups is 1. The van der Waals surface area contributed by atoms with Crippen LogP contribution in [0.3, 0.4) is 0 Å². The largest absolute Gasteiger partial charge is 0.378 e. The summed E-state index contributed by atoms with van der Waals surface area (Å²) >= 11 is 0. The standard InChI is InChI=1S/C26H31N3O/c1-28-11-13-29(14-12-28)26(30)20-9-10-22-21(16-20)23-18-7-8-19(15-18)24(23)25(27-22)17-5-3-2-4-6-17/h2-6,9-10,16,18-19,23-25,27H,7-8,11-15H2,1H3/t18-,19-,23-,24-,25-/m0/s1. The molecule has 30 heavy (non-hydrogen) atoms. The average Bonchev–Trinajstić information content (AvgIpc) is 3.42. The molecule has 1 saturated heterocycles. The lowest BCUT2D eigenvalue weighted by molar-refractivity contribution is 0.0664. The molecule has 0 spiro atoms. The van der Waals surface area contributed by atoms with Gasteiger partial charge in [0.15, 0.2) is 0 Å². The second kappa shape index (κ2) is 7.12. The molecule has 0 radical (unpaired) electrons. The summed E-state index contributed by atoms with van der Waals surface area (Å²) in [4.78, 5) is 17.5. The fraction of sp³-hybridized carbons (Fsp3) is 0.500. The highest BCUT2D eigenvalue weighted by Gasteiger charge is 2.53. The lowest BCUT2D eigenvalue weighted by atomic mass is 9.68. The number of nitrogens with one attached hydrogen (secondary N) is 1. The van der Waals surface area contributed by atoms with Crippen molar-refractivity contribution in [2.45, 2.75) is 31.2 Å². The van der Waals surface area contributed by atoms with E-state index in [-0.39, 0.29) is 5.91 Å². The van der Waals surface area contributed by atoms with Gasteiger partial charge in [0.2, 0.25) is 0 Å². The van der Waals surface area contributed by atoms with Gasteiger partial charge in [-0.25, -0.2) is 0 Å². The van der Waals surface area contributed by atoms with E-state index in [0.717, 1.165) is 43.6 Å². The first-order chi connectivity index (χ1) is 14.7. The van der Waals surface area contributed by atoms with Crippen molar-refractivity contribution in [3.05, 3.63) is 65.2 Å². The van der Waals surface area contributed by atoms with Crippen molar-refractivity contribution in [1.29, 1.82) is 0 Å². The number of nitrogens with zero attached hydrogens (tertiary/aromatic N) is 2. The van der Waals surface area contributed by atoms with Gasteiger partial charge in [0, 0.05) is 37.4 Å². The van der Waals surface area contributed by atoms with Crippen molar-refractivity contribution < 1.29 is 4.79 Å². The Labute approximate surface area is 179 Å². The number of piperazine rings is 1. The zero-order valence-electron chi connectivity index (χ0n) is 17.8. The Morgan fingerprint density at radius 1 is 0.967 bits per heavy atom. The van der Waals surface area contributed by atoms with Crippen molar-refractivity contribution in [1.82, 2.24) is 9.80 Å². The molecule has 2 aliphatic carbocycles. The SMILES string of the molecule is CN1CCN(C(=O)c2ccc3c(c2)[C@@H]2[C@H]4CC[C@@H](C4)[C@@H]2[C@H](c2ccccc2)N3)CC1. The molecule has 1 amide bonds. The van der Waals surface area contributed by atoms with Gasteiger partial charge in [-0.1, -0.05) is 30.3 Å². The van der Waals surface area contributed by atoms with E-state index in [1.165, 1.54) is 36.1 Å². The lowest BCUT2D eigenvalue weighted by Crippen LogP contribution is -2.47. The van der Waals surface area contributed by atoms with Crippen LogP contribution in [0.2, 0.25) is 0 Å². The van der Waals surface area contributed by atoms with Gasteiger partial charge in [0.05, 0.1) is 6.04 Å². The number of carbonyl (C=O) groups excluding carboxylic acids is 1. The van der Waals surface area contributed by atoms with E-state index in [1.54, 1.807) is 0 Å². The molecule has 2 aromatic carbocycles. The molecule has 2 saturated carbocycles. The maximum Gasteiger partial charge on any atom is 0.253 e. The van der Waals surface area contributed by atoms with Gasteiger partial charge in [-0.3, -0.25) is 4.79 Å². The van der Waals surface area contributed by atoms with E-state index in [4.69, 9.17) is 0 Å². The third kappa shape index (κ3) is 2.88. The van der Waals surface area contributed by atoms with Gasteiger partial charge in [-0.2, -0.15) is 0 Å². The molecule has 3 fully saturated rings. The Balaban J connectivity index is 1.35. The van der Waals surface area contributed by atoms with Crippen molar-refractivity contribution in [3.63, 3.8) is 0 Å². The Kier molecular flexibility index (Phi) is 4.38. The Hall–Kier alpha value is -2.33. The van der Waals surface area contributed by atoms with E-state index < -0.39 is 0 Å². The van der Waals surface area contributed by atoms with Crippen LogP contribution in [-0.4, -0.2) is 48.9 Å². The van der Waals surface area contributed by atoms with E-state index in [2.05, 4.69) is 59.7 Å². The van der Waals surface area contributed by atoms with Gasteiger partial charge < -0.3 is 15.1 Å². The number of hydrogen-bond acceptors (Lipinski definition) is 3. The van der Waals surface area contributed by atoms with Crippen molar-refractivity contribution in [2.75, 3.05) is 38.5 Å². The molecule has 156 valence electrons. The predicted molar refractivity (Wildman–Crippen MR) is 120 cm³/mol. The van der Waals surface area contributed by atoms with Crippen LogP contribution >= 0.6 is 0 Å². The van der Waals surface area contributed by atoms with Gasteiger partial charge in [0.1, 0.15) is 0 Å². The van der Waals surface area contributed by atoms with Crippen LogP contribution in [0.1, 0.15) is 52.7 Å². The third-order valence-electron chi connectivity index (χ3n) is 8.28. The van der Waals surface area contributed by atoms with E-state index in [1.807, 2.05) is 11.0 Å². The first-order valence-corrected chi connectivity index (χ1v) is 11.6. The molecule has 2 aromatic rings. The summed E-state index contributed by atoms with van der Waals surface area (Å²) in [6.45, 7) is 3.59. The van der Waals surface area contributed by atoms with Crippen molar-refractivity contribution in [3.8, 4) is 0 Å². The molecule has 4 nitrogen and oxygen atoms in total. The maximum atomic E-state index is 13.2. The molecular weight excluding hydrogens is 370 g/mol. The zero-order chi connectivity index (χ0) is 20.2. The number of likely N-dealkylation sites (N-methyl/N-ethyl adjacent to an activating group) is 1. The molecule has 4 heteroatoms. The quantitative estimate of drug-likeness (QED) is 0.812. The van der Waals surface area contributed by atoms with Gasteiger partial charge in [-0.05, 0) is 79.3 Å². The van der Waals surface area contributed by atoms with E-state index in [0.29, 0.717) is 17.9 Å². The molecular formula is C26H31N3O. The van der Waals surface area contributed by atoms with Gasteiger partial charge in [0.25, 0.3) is 5.91 Å². The minimum atomic E-state index is 0.204. The molecule has 2 bridgehead atoms. The van der Waals surface area contributed by atoms with Crippen LogP contribution in [0.4, 0.5) is 5.69 Å². The summed E-state index contributed by atoms with van der Waals surface area (Å²) < 4.78 is 0. The summed E-state index contributed by atoms with van der Waals surface area (Å²) in [5.74, 6) is 3.03. The fourth-order valence-electron chi connectivity index (χ4n) is 6.80. The van der Waals surface area contributed by atoms with Crippen molar-refractivity contribution in [2.24, 2.45) is 17.8 Å². The predicted octanol–water partition coefficient (Wildman–Crippen LogP) is 4.37. The van der Waals surface area contributed by atoms with Gasteiger partial charge in [-0.15, -0.1) is 0 Å². The summed E-state index contributed by atoms with van der Waals surface area (Å²) in [6, 6.07) is 17.8. The summed E-state index contributed by atoms with van der Waals surface area (Å²) in [7, 11) is 2.13. The molecule has 2 heterocycles. The third-order valence-corrected chi connectivity index (χ3v) is 8.28. The smallest absolute Gasteiger partial charge is 0.253 e. The minimum Gasteiger partial charge on any atom is -0.378 e. The van der Waals surface area contributed by atoms with Crippen LogP contribution in [0.15, 0.2) is 48.5 Å². The average molecular weight is 402 g/mol. The topological polar surface area (TPSA) is 35.6 Å². The monoisotopic (exact) mass is 401 g/mol. The first-order valence-electron chi connectivity index (χ1n) is 11.6. The normalized spacial score (nSPS) is 32.4. The Morgan fingerprint density at radius 3 is 2.53 bits per heavy atom. The van der Waals surface area contributed by atoms with Gasteiger partial charge >= 0.3 is 0 Å². The van der Waals surface area contributed by atoms with Crippen LogP contribution in [0.5, 0.6) is 0 Å². The number of amides is 1. The molecule has 4 aliphatic rings. The highest BCUT2D eigenvalue weighted by molar-refractivity contribution is 5.95. The lowest BCUT2D eigenvalue weighted by Gasteiger charge is -2.43. The summed E-state index contributed by atoms with van der Waals surface area (Å²) in [6.07, 6.45) is 4.08. The number of rotatable bonds is 2. The second-order valence-electron chi connectivity index (χ2n) is 9.87. The summed E-state index contributed by atoms with van der Waals surface area (Å²) in [5, 5.41) is 3.89. The fourth-order valence-corrected chi connectivity index (χ4v) is 6.80. The van der Waals surface area contributed by atoms with Crippen LogP contribution < -0.4 is 5.32 Å². The van der Waals surface area contributed by atoms with Crippen LogP contribution in [0.25, 0.3) is 0 Å². The Morgan fingerprint density at radius 2 is 1.73 bits per heavy atom. The van der Waals surface area contributed by atoms with Crippen molar-refractivity contribution >= 4 is 11.6 Å². The molecule has 2 aliphatic heterocycles.